The first-order valence-corrected chi connectivity index (χ1v) is 16.3. The van der Waals surface area contributed by atoms with Gasteiger partial charge in [-0.15, -0.1) is 0 Å². The van der Waals surface area contributed by atoms with Gasteiger partial charge in [-0.2, -0.15) is 0 Å². The Balaban J connectivity index is 1.23. The monoisotopic (exact) mass is 647 g/mol. The molecule has 2 aliphatic rings. The number of para-hydroxylation sites is 1. The summed E-state index contributed by atoms with van der Waals surface area (Å²) in [5.41, 5.74) is 2.98. The van der Waals surface area contributed by atoms with E-state index in [-0.39, 0.29) is 11.8 Å². The molecule has 0 unspecified atom stereocenters. The van der Waals surface area contributed by atoms with E-state index in [0.29, 0.717) is 69.0 Å². The number of nitrogens with one attached hydrogen (secondary N) is 2. The highest BCUT2D eigenvalue weighted by Gasteiger charge is 2.42. The van der Waals surface area contributed by atoms with E-state index in [0.717, 1.165) is 16.8 Å². The molecule has 4 aromatic carbocycles. The molecule has 0 spiro atoms. The molecule has 0 bridgehead atoms. The lowest BCUT2D eigenvalue weighted by Gasteiger charge is -2.43. The van der Waals surface area contributed by atoms with Crippen LogP contribution in [0, 0.1) is 5.92 Å². The summed E-state index contributed by atoms with van der Waals surface area (Å²) in [5, 5.41) is 18.2. The summed E-state index contributed by atoms with van der Waals surface area (Å²) in [5.74, 6) is -0.215. The van der Waals surface area contributed by atoms with E-state index in [9.17, 15) is 19.5 Å². The zero-order valence-corrected chi connectivity index (χ0v) is 27.0. The minimum Gasteiger partial charge on any atom is -0.453 e. The summed E-state index contributed by atoms with van der Waals surface area (Å²) in [4.78, 5) is 44.2. The van der Waals surface area contributed by atoms with Crippen LogP contribution in [0.1, 0.15) is 34.3 Å². The summed E-state index contributed by atoms with van der Waals surface area (Å²) in [6.45, 7) is 2.82. The SMILES string of the molecule is COC(=O)N1CCN(C(=O)c2ccc(N3CCC(C(O)(c4ccccc4)c4ccccc4)CC3)c(NC(=O)Nc3ccccc3)c2)CC1. The van der Waals surface area contributed by atoms with Crippen LogP contribution in [0.2, 0.25) is 0 Å². The summed E-state index contributed by atoms with van der Waals surface area (Å²) in [6, 6.07) is 33.8. The molecule has 10 nitrogen and oxygen atoms in total. The van der Waals surface area contributed by atoms with Crippen LogP contribution in [0.5, 0.6) is 0 Å². The van der Waals surface area contributed by atoms with Crippen molar-refractivity contribution in [1.82, 2.24) is 9.80 Å². The number of benzene rings is 4. The van der Waals surface area contributed by atoms with Crippen molar-refractivity contribution in [3.05, 3.63) is 126 Å². The molecule has 2 heterocycles. The fourth-order valence-electron chi connectivity index (χ4n) is 6.82. The number of anilines is 3. The molecule has 4 aromatic rings. The van der Waals surface area contributed by atoms with Gasteiger partial charge in [0.05, 0.1) is 18.5 Å². The third-order valence-electron chi connectivity index (χ3n) is 9.38. The van der Waals surface area contributed by atoms with Gasteiger partial charge in [0.15, 0.2) is 0 Å². The van der Waals surface area contributed by atoms with Gasteiger partial charge in [0.2, 0.25) is 0 Å². The number of ether oxygens (including phenoxy) is 1. The zero-order chi connectivity index (χ0) is 33.5. The quantitative estimate of drug-likeness (QED) is 0.227. The van der Waals surface area contributed by atoms with Crippen LogP contribution in [0.3, 0.4) is 0 Å². The van der Waals surface area contributed by atoms with Crippen molar-refractivity contribution >= 4 is 35.1 Å². The highest BCUT2D eigenvalue weighted by atomic mass is 16.5. The van der Waals surface area contributed by atoms with Gasteiger partial charge in [0, 0.05) is 50.5 Å². The van der Waals surface area contributed by atoms with Crippen molar-refractivity contribution in [1.29, 1.82) is 0 Å². The van der Waals surface area contributed by atoms with Crippen LogP contribution in [-0.2, 0) is 10.3 Å². The third kappa shape index (κ3) is 6.99. The molecule has 0 aromatic heterocycles. The molecular formula is C38H41N5O5. The number of piperidine rings is 1. The molecule has 2 saturated heterocycles. The third-order valence-corrected chi connectivity index (χ3v) is 9.38. The maximum atomic E-state index is 13.6. The predicted octanol–water partition coefficient (Wildman–Crippen LogP) is 6.01. The number of rotatable bonds is 7. The number of hydrogen-bond donors (Lipinski definition) is 3. The molecule has 10 heteroatoms. The number of hydrogen-bond acceptors (Lipinski definition) is 6. The van der Waals surface area contributed by atoms with E-state index in [1.54, 1.807) is 34.1 Å². The molecule has 0 saturated carbocycles. The molecule has 0 radical (unpaired) electrons. The van der Waals surface area contributed by atoms with Crippen LogP contribution in [0.4, 0.5) is 26.7 Å². The van der Waals surface area contributed by atoms with Crippen molar-refractivity contribution in [2.75, 3.05) is 61.9 Å². The van der Waals surface area contributed by atoms with Crippen molar-refractivity contribution in [2.45, 2.75) is 18.4 Å². The van der Waals surface area contributed by atoms with Crippen LogP contribution in [-0.4, -0.2) is 79.3 Å². The second-order valence-corrected chi connectivity index (χ2v) is 12.2. The van der Waals surface area contributed by atoms with E-state index in [1.807, 2.05) is 84.9 Å². The van der Waals surface area contributed by atoms with Gasteiger partial charge in [-0.3, -0.25) is 4.79 Å². The van der Waals surface area contributed by atoms with Gasteiger partial charge in [0.1, 0.15) is 5.60 Å². The molecule has 2 fully saturated rings. The average Bonchev–Trinajstić information content (AvgIpc) is 3.15. The largest absolute Gasteiger partial charge is 0.453 e. The normalized spacial score (nSPS) is 15.5. The first kappa shape index (κ1) is 32.6. The molecule has 0 atom stereocenters. The predicted molar refractivity (Wildman–Crippen MR) is 186 cm³/mol. The number of nitrogens with zero attached hydrogens (tertiary/aromatic N) is 3. The van der Waals surface area contributed by atoms with Gasteiger partial charge < -0.3 is 35.2 Å². The van der Waals surface area contributed by atoms with E-state index in [1.165, 1.54) is 7.11 Å². The van der Waals surface area contributed by atoms with Crippen LogP contribution < -0.4 is 15.5 Å². The molecule has 4 amide bonds. The number of aliphatic hydroxyl groups is 1. The number of urea groups is 1. The number of piperazine rings is 1. The second kappa shape index (κ2) is 14.6. The first-order chi connectivity index (χ1) is 23.4. The second-order valence-electron chi connectivity index (χ2n) is 12.2. The van der Waals surface area contributed by atoms with E-state index >= 15 is 0 Å². The first-order valence-electron chi connectivity index (χ1n) is 16.3. The Bertz CT molecular complexity index is 1660. The van der Waals surface area contributed by atoms with E-state index < -0.39 is 17.7 Å². The van der Waals surface area contributed by atoms with Crippen molar-refractivity contribution in [2.24, 2.45) is 5.92 Å². The highest BCUT2D eigenvalue weighted by Crippen LogP contribution is 2.43. The van der Waals surface area contributed by atoms with Crippen molar-refractivity contribution in [3.63, 3.8) is 0 Å². The average molecular weight is 648 g/mol. The Kier molecular flexibility index (Phi) is 9.91. The maximum Gasteiger partial charge on any atom is 0.409 e. The molecule has 48 heavy (non-hydrogen) atoms. The van der Waals surface area contributed by atoms with E-state index in [2.05, 4.69) is 15.5 Å². The molecule has 6 rings (SSSR count). The zero-order valence-electron chi connectivity index (χ0n) is 27.0. The Hall–Kier alpha value is -5.35. The highest BCUT2D eigenvalue weighted by molar-refractivity contribution is 6.04. The van der Waals surface area contributed by atoms with Gasteiger partial charge >= 0.3 is 12.1 Å². The lowest BCUT2D eigenvalue weighted by molar-refractivity contribution is 0.00506. The lowest BCUT2D eigenvalue weighted by atomic mass is 9.72. The Morgan fingerprint density at radius 2 is 1.25 bits per heavy atom. The van der Waals surface area contributed by atoms with Gasteiger partial charge in [-0.05, 0) is 60.2 Å². The molecule has 3 N–H and O–H groups in total. The smallest absolute Gasteiger partial charge is 0.409 e. The minimum atomic E-state index is -1.15. The summed E-state index contributed by atoms with van der Waals surface area (Å²) in [6.07, 6.45) is 1.01. The molecule has 248 valence electrons. The summed E-state index contributed by atoms with van der Waals surface area (Å²) >= 11 is 0. The van der Waals surface area contributed by atoms with Crippen LogP contribution in [0.25, 0.3) is 0 Å². The maximum absolute atomic E-state index is 13.6. The molecular weight excluding hydrogens is 606 g/mol. The van der Waals surface area contributed by atoms with Crippen LogP contribution in [0.15, 0.2) is 109 Å². The molecule has 2 aliphatic heterocycles. The van der Waals surface area contributed by atoms with Crippen molar-refractivity contribution < 1.29 is 24.2 Å². The minimum absolute atomic E-state index is 0.0409. The standard InChI is InChI=1S/C38H41N5O5/c1-48-37(46)43-25-23-42(24-26-43)35(44)28-17-18-34(33(27-28)40-36(45)39-32-15-9-4-10-16-32)41-21-19-31(20-22-41)38(47,29-11-5-2-6-12-29)30-13-7-3-8-14-30/h2-18,27,31,47H,19-26H2,1H3,(H2,39,40,45). The number of methoxy groups -OCH3 is 1. The topological polar surface area (TPSA) is 114 Å². The fraction of sp³-hybridized carbons (Fsp3) is 0.289. The lowest BCUT2D eigenvalue weighted by Crippen LogP contribution is -2.50. The Morgan fingerprint density at radius 1 is 0.708 bits per heavy atom. The summed E-state index contributed by atoms with van der Waals surface area (Å²) in [7, 11) is 1.35. The number of amides is 4. The van der Waals surface area contributed by atoms with Gasteiger partial charge in [0.25, 0.3) is 5.91 Å². The van der Waals surface area contributed by atoms with Crippen LogP contribution >= 0.6 is 0 Å². The van der Waals surface area contributed by atoms with Gasteiger partial charge in [-0.1, -0.05) is 78.9 Å². The number of carbonyl (C=O) groups is 3. The van der Waals surface area contributed by atoms with Crippen molar-refractivity contribution in [3.8, 4) is 0 Å². The van der Waals surface area contributed by atoms with Gasteiger partial charge in [-0.25, -0.2) is 9.59 Å². The summed E-state index contributed by atoms with van der Waals surface area (Å²) < 4.78 is 4.83. The number of carbonyl (C=O) groups excluding carboxylic acids is 3. The Labute approximate surface area is 280 Å². The van der Waals surface area contributed by atoms with E-state index in [4.69, 9.17) is 4.74 Å². The molecule has 0 aliphatic carbocycles. The Morgan fingerprint density at radius 3 is 1.81 bits per heavy atom. The fourth-order valence-corrected chi connectivity index (χ4v) is 6.82.